The molecule has 1 atom stereocenters. The second kappa shape index (κ2) is 7.23. The second-order valence-electron chi connectivity index (χ2n) is 6.88. The average Bonchev–Trinajstić information content (AvgIpc) is 2.98. The standard InChI is InChI=1S/C20H22F3N3O/c1-12(2)18(24)19-25-16-10-14(20(21,22)23)7-8-17(16)26(19)11-13-5-4-6-15(9-13)27-3/h4-10,12,18H,11,24H2,1-3H3/t18-/m0/s1. The Bertz CT molecular complexity index is 947. The number of methoxy groups -OCH3 is 1. The third kappa shape index (κ3) is 3.93. The molecule has 0 saturated carbocycles. The maximum Gasteiger partial charge on any atom is 0.416 e. The van der Waals surface area contributed by atoms with Crippen LogP contribution in [0.2, 0.25) is 0 Å². The Morgan fingerprint density at radius 1 is 1.15 bits per heavy atom. The fraction of sp³-hybridized carbons (Fsp3) is 0.350. The monoisotopic (exact) mass is 377 g/mol. The van der Waals surface area contributed by atoms with Crippen LogP contribution in [0.1, 0.15) is 36.8 Å². The van der Waals surface area contributed by atoms with Crippen LogP contribution in [0.15, 0.2) is 42.5 Å². The highest BCUT2D eigenvalue weighted by Gasteiger charge is 2.31. The Morgan fingerprint density at radius 3 is 2.52 bits per heavy atom. The van der Waals surface area contributed by atoms with Crippen molar-refractivity contribution >= 4 is 11.0 Å². The molecule has 0 saturated heterocycles. The molecule has 27 heavy (non-hydrogen) atoms. The van der Waals surface area contributed by atoms with Crippen molar-refractivity contribution in [2.75, 3.05) is 7.11 Å². The van der Waals surface area contributed by atoms with E-state index in [1.54, 1.807) is 7.11 Å². The minimum atomic E-state index is -4.41. The average molecular weight is 377 g/mol. The van der Waals surface area contributed by atoms with Crippen LogP contribution in [0.25, 0.3) is 11.0 Å². The number of nitrogens with zero attached hydrogens (tertiary/aromatic N) is 2. The first kappa shape index (κ1) is 19.2. The second-order valence-corrected chi connectivity index (χ2v) is 6.88. The van der Waals surface area contributed by atoms with E-state index < -0.39 is 17.8 Å². The van der Waals surface area contributed by atoms with E-state index in [-0.39, 0.29) is 5.92 Å². The predicted molar refractivity (Wildman–Crippen MR) is 98.6 cm³/mol. The normalized spacial score (nSPS) is 13.3. The summed E-state index contributed by atoms with van der Waals surface area (Å²) in [5.41, 5.74) is 7.45. The summed E-state index contributed by atoms with van der Waals surface area (Å²) in [7, 11) is 1.59. The molecule has 0 aliphatic heterocycles. The smallest absolute Gasteiger partial charge is 0.416 e. The first-order valence-corrected chi connectivity index (χ1v) is 8.66. The molecular weight excluding hydrogens is 355 g/mol. The van der Waals surface area contributed by atoms with Crippen LogP contribution < -0.4 is 10.5 Å². The fourth-order valence-electron chi connectivity index (χ4n) is 3.00. The van der Waals surface area contributed by atoms with Gasteiger partial charge in [0.25, 0.3) is 0 Å². The maximum absolute atomic E-state index is 13.1. The van der Waals surface area contributed by atoms with Crippen LogP contribution in [0.3, 0.4) is 0 Å². The summed E-state index contributed by atoms with van der Waals surface area (Å²) in [6.07, 6.45) is -4.41. The molecule has 0 spiro atoms. The summed E-state index contributed by atoms with van der Waals surface area (Å²) in [4.78, 5) is 4.45. The summed E-state index contributed by atoms with van der Waals surface area (Å²) in [5.74, 6) is 1.38. The summed E-state index contributed by atoms with van der Waals surface area (Å²) < 4.78 is 46.3. The van der Waals surface area contributed by atoms with E-state index in [4.69, 9.17) is 10.5 Å². The summed E-state index contributed by atoms with van der Waals surface area (Å²) in [6, 6.07) is 10.8. The molecule has 2 N–H and O–H groups in total. The van der Waals surface area contributed by atoms with E-state index in [9.17, 15) is 13.2 Å². The molecule has 0 fully saturated rings. The molecule has 0 bridgehead atoms. The molecular formula is C20H22F3N3O. The van der Waals surface area contributed by atoms with Crippen LogP contribution in [0, 0.1) is 5.92 Å². The lowest BCUT2D eigenvalue weighted by Gasteiger charge is -2.18. The molecule has 3 aromatic rings. The number of hydrogen-bond donors (Lipinski definition) is 1. The molecule has 2 aromatic carbocycles. The molecule has 0 amide bonds. The zero-order valence-corrected chi connectivity index (χ0v) is 15.4. The number of ether oxygens (including phenoxy) is 1. The van der Waals surface area contributed by atoms with E-state index in [1.807, 2.05) is 42.7 Å². The molecule has 144 valence electrons. The third-order valence-corrected chi connectivity index (χ3v) is 4.60. The van der Waals surface area contributed by atoms with Crippen molar-refractivity contribution in [3.05, 3.63) is 59.4 Å². The molecule has 1 aromatic heterocycles. The number of halogens is 3. The number of imidazole rings is 1. The van der Waals surface area contributed by atoms with Crippen molar-refractivity contribution in [3.8, 4) is 5.75 Å². The highest BCUT2D eigenvalue weighted by Crippen LogP contribution is 2.33. The fourth-order valence-corrected chi connectivity index (χ4v) is 3.00. The van der Waals surface area contributed by atoms with E-state index in [0.29, 0.717) is 29.2 Å². The van der Waals surface area contributed by atoms with Gasteiger partial charge >= 0.3 is 6.18 Å². The number of fused-ring (bicyclic) bond motifs is 1. The number of hydrogen-bond acceptors (Lipinski definition) is 3. The highest BCUT2D eigenvalue weighted by molar-refractivity contribution is 5.77. The summed E-state index contributed by atoms with van der Waals surface area (Å²) >= 11 is 0. The van der Waals surface area contributed by atoms with Gasteiger partial charge in [0.1, 0.15) is 11.6 Å². The van der Waals surface area contributed by atoms with Crippen molar-refractivity contribution in [2.24, 2.45) is 11.7 Å². The number of rotatable bonds is 5. The molecule has 1 heterocycles. The van der Waals surface area contributed by atoms with Gasteiger partial charge in [-0.15, -0.1) is 0 Å². The van der Waals surface area contributed by atoms with Crippen LogP contribution >= 0.6 is 0 Å². The van der Waals surface area contributed by atoms with Crippen molar-refractivity contribution in [2.45, 2.75) is 32.6 Å². The summed E-state index contributed by atoms with van der Waals surface area (Å²) in [5, 5.41) is 0. The van der Waals surface area contributed by atoms with Crippen molar-refractivity contribution in [1.82, 2.24) is 9.55 Å². The Hall–Kier alpha value is -2.54. The predicted octanol–water partition coefficient (Wildman–Crippen LogP) is 4.77. The minimum absolute atomic E-state index is 0.0907. The summed E-state index contributed by atoms with van der Waals surface area (Å²) in [6.45, 7) is 4.36. The van der Waals surface area contributed by atoms with E-state index in [0.717, 1.165) is 17.7 Å². The Kier molecular flexibility index (Phi) is 5.15. The zero-order valence-electron chi connectivity index (χ0n) is 15.4. The van der Waals surface area contributed by atoms with Gasteiger partial charge in [0.2, 0.25) is 0 Å². The van der Waals surface area contributed by atoms with Gasteiger partial charge in [-0.25, -0.2) is 4.98 Å². The van der Waals surface area contributed by atoms with E-state index in [1.165, 1.54) is 6.07 Å². The topological polar surface area (TPSA) is 53.1 Å². The van der Waals surface area contributed by atoms with Crippen LogP contribution in [0.4, 0.5) is 13.2 Å². The first-order valence-electron chi connectivity index (χ1n) is 8.66. The highest BCUT2D eigenvalue weighted by atomic mass is 19.4. The van der Waals surface area contributed by atoms with Gasteiger partial charge in [-0.1, -0.05) is 26.0 Å². The number of alkyl halides is 3. The SMILES string of the molecule is COc1cccc(Cn2c([C@@H](N)C(C)C)nc3cc(C(F)(F)F)ccc32)c1. The quantitative estimate of drug-likeness (QED) is 0.697. The van der Waals surface area contributed by atoms with Gasteiger partial charge in [-0.2, -0.15) is 13.2 Å². The molecule has 3 rings (SSSR count). The van der Waals surface area contributed by atoms with Gasteiger partial charge in [0, 0.05) is 6.54 Å². The lowest BCUT2D eigenvalue weighted by atomic mass is 10.0. The lowest BCUT2D eigenvalue weighted by Crippen LogP contribution is -2.22. The first-order chi connectivity index (χ1) is 12.7. The maximum atomic E-state index is 13.1. The molecule has 0 radical (unpaired) electrons. The van der Waals surface area contributed by atoms with Gasteiger partial charge in [0.05, 0.1) is 29.7 Å². The third-order valence-electron chi connectivity index (χ3n) is 4.60. The van der Waals surface area contributed by atoms with E-state index in [2.05, 4.69) is 4.98 Å². The lowest BCUT2D eigenvalue weighted by molar-refractivity contribution is -0.137. The number of aromatic nitrogens is 2. The van der Waals surface area contributed by atoms with Crippen molar-refractivity contribution < 1.29 is 17.9 Å². The number of nitrogens with two attached hydrogens (primary N) is 1. The van der Waals surface area contributed by atoms with Gasteiger partial charge in [-0.3, -0.25) is 0 Å². The van der Waals surface area contributed by atoms with Gasteiger partial charge in [-0.05, 0) is 41.8 Å². The zero-order chi connectivity index (χ0) is 19.8. The molecule has 0 unspecified atom stereocenters. The minimum Gasteiger partial charge on any atom is -0.497 e. The van der Waals surface area contributed by atoms with Gasteiger partial charge in [0.15, 0.2) is 0 Å². The van der Waals surface area contributed by atoms with Crippen molar-refractivity contribution in [3.63, 3.8) is 0 Å². The van der Waals surface area contributed by atoms with Crippen molar-refractivity contribution in [1.29, 1.82) is 0 Å². The number of benzene rings is 2. The molecule has 0 aliphatic carbocycles. The Labute approximate surface area is 155 Å². The van der Waals surface area contributed by atoms with Crippen LogP contribution in [-0.2, 0) is 12.7 Å². The van der Waals surface area contributed by atoms with Crippen LogP contribution in [0.5, 0.6) is 5.75 Å². The van der Waals surface area contributed by atoms with Gasteiger partial charge < -0.3 is 15.0 Å². The largest absolute Gasteiger partial charge is 0.497 e. The Morgan fingerprint density at radius 2 is 1.89 bits per heavy atom. The van der Waals surface area contributed by atoms with E-state index >= 15 is 0 Å². The molecule has 7 heteroatoms. The Balaban J connectivity index is 2.13. The molecule has 0 aliphatic rings. The molecule has 4 nitrogen and oxygen atoms in total. The van der Waals surface area contributed by atoms with Crippen LogP contribution in [-0.4, -0.2) is 16.7 Å².